The van der Waals surface area contributed by atoms with Gasteiger partial charge in [0.2, 0.25) is 10.0 Å². The molecule has 112 valence electrons. The Labute approximate surface area is 116 Å². The number of hydrogen-bond acceptors (Lipinski definition) is 5. The van der Waals surface area contributed by atoms with Crippen LogP contribution in [0.2, 0.25) is 0 Å². The summed E-state index contributed by atoms with van der Waals surface area (Å²) in [5, 5.41) is 14.8. The quantitative estimate of drug-likeness (QED) is 0.542. The molecule has 0 saturated heterocycles. The van der Waals surface area contributed by atoms with Gasteiger partial charge in [0, 0.05) is 13.1 Å². The van der Waals surface area contributed by atoms with Crippen molar-refractivity contribution in [2.45, 2.75) is 11.8 Å². The molecule has 0 bridgehead atoms. The van der Waals surface area contributed by atoms with Crippen LogP contribution in [-0.2, 0) is 19.6 Å². The molecular weight excluding hydrogens is 288 g/mol. The summed E-state index contributed by atoms with van der Waals surface area (Å²) in [5.41, 5.74) is 6.24. The van der Waals surface area contributed by atoms with Crippen LogP contribution in [0, 0.1) is 6.92 Å². The van der Waals surface area contributed by atoms with Crippen molar-refractivity contribution in [1.29, 1.82) is 0 Å². The summed E-state index contributed by atoms with van der Waals surface area (Å²) in [5.74, 6) is -3.65. The number of aliphatic carboxylic acids is 2. The minimum absolute atomic E-state index is 0.260. The number of nitrogens with two attached hydrogens (primary N) is 1. The number of sulfonamides is 1. The van der Waals surface area contributed by atoms with Gasteiger partial charge in [-0.05, 0) is 19.1 Å². The third-order valence-corrected chi connectivity index (χ3v) is 3.43. The van der Waals surface area contributed by atoms with E-state index in [0.717, 1.165) is 5.56 Å². The first-order chi connectivity index (χ1) is 9.20. The topological polar surface area (TPSA) is 147 Å². The molecule has 0 radical (unpaired) electrons. The highest BCUT2D eigenvalue weighted by atomic mass is 32.2. The van der Waals surface area contributed by atoms with E-state index in [0.29, 0.717) is 6.54 Å². The van der Waals surface area contributed by atoms with Gasteiger partial charge < -0.3 is 15.9 Å². The molecule has 0 heterocycles. The molecule has 8 nitrogen and oxygen atoms in total. The molecular formula is C11H16N2O6S. The zero-order valence-corrected chi connectivity index (χ0v) is 11.6. The van der Waals surface area contributed by atoms with E-state index < -0.39 is 22.0 Å². The minimum Gasteiger partial charge on any atom is -0.473 e. The molecule has 9 heteroatoms. The Bertz CT molecular complexity index is 541. The van der Waals surface area contributed by atoms with E-state index in [4.69, 9.17) is 25.5 Å². The lowest BCUT2D eigenvalue weighted by molar-refractivity contribution is -0.159. The standard InChI is InChI=1S/C9H14N2O2S.C2H2O4/c1-8-2-4-9(5-3-8)14(12,13)11-7-6-10;3-1(4)2(5)6/h2-5,11H,6-7,10H2,1H3;(H,3,4)(H,5,6). The lowest BCUT2D eigenvalue weighted by Gasteiger charge is -2.05. The van der Waals surface area contributed by atoms with E-state index in [1.807, 2.05) is 6.92 Å². The zero-order valence-electron chi connectivity index (χ0n) is 10.7. The van der Waals surface area contributed by atoms with Gasteiger partial charge in [0.15, 0.2) is 0 Å². The van der Waals surface area contributed by atoms with E-state index in [-0.39, 0.29) is 11.4 Å². The minimum atomic E-state index is -3.37. The Balaban J connectivity index is 0.000000511. The van der Waals surface area contributed by atoms with Crippen molar-refractivity contribution < 1.29 is 28.2 Å². The monoisotopic (exact) mass is 304 g/mol. The molecule has 1 aromatic carbocycles. The third kappa shape index (κ3) is 6.83. The van der Waals surface area contributed by atoms with Crippen molar-refractivity contribution in [1.82, 2.24) is 4.72 Å². The first kappa shape index (κ1) is 18.0. The maximum absolute atomic E-state index is 11.5. The van der Waals surface area contributed by atoms with Gasteiger partial charge in [0.25, 0.3) is 0 Å². The zero-order chi connectivity index (χ0) is 15.8. The van der Waals surface area contributed by atoms with Crippen LogP contribution in [-0.4, -0.2) is 43.7 Å². The molecule has 0 atom stereocenters. The fourth-order valence-electron chi connectivity index (χ4n) is 0.994. The van der Waals surface area contributed by atoms with E-state index in [1.165, 1.54) is 0 Å². The van der Waals surface area contributed by atoms with Gasteiger partial charge in [0.1, 0.15) is 0 Å². The largest absolute Gasteiger partial charge is 0.473 e. The lowest BCUT2D eigenvalue weighted by Crippen LogP contribution is -2.29. The van der Waals surface area contributed by atoms with Gasteiger partial charge in [-0.3, -0.25) is 0 Å². The van der Waals surface area contributed by atoms with Gasteiger partial charge in [-0.15, -0.1) is 0 Å². The Kier molecular flexibility index (Phi) is 7.44. The summed E-state index contributed by atoms with van der Waals surface area (Å²) in [6.07, 6.45) is 0. The van der Waals surface area contributed by atoms with E-state index >= 15 is 0 Å². The van der Waals surface area contributed by atoms with Crippen LogP contribution in [0.1, 0.15) is 5.56 Å². The molecule has 0 aliphatic heterocycles. The number of benzene rings is 1. The molecule has 20 heavy (non-hydrogen) atoms. The molecule has 0 fully saturated rings. The lowest BCUT2D eigenvalue weighted by atomic mass is 10.2. The number of rotatable bonds is 4. The number of carboxylic acid groups (broad SMARTS) is 2. The van der Waals surface area contributed by atoms with Crippen LogP contribution in [0.25, 0.3) is 0 Å². The van der Waals surface area contributed by atoms with Crippen molar-refractivity contribution in [2.24, 2.45) is 5.73 Å². The second kappa shape index (κ2) is 8.25. The van der Waals surface area contributed by atoms with Crippen molar-refractivity contribution in [3.8, 4) is 0 Å². The van der Waals surface area contributed by atoms with Crippen molar-refractivity contribution in [2.75, 3.05) is 13.1 Å². The Hall–Kier alpha value is -1.97. The van der Waals surface area contributed by atoms with E-state index in [1.54, 1.807) is 24.3 Å². The van der Waals surface area contributed by atoms with Crippen LogP contribution < -0.4 is 10.5 Å². The average Bonchev–Trinajstić information content (AvgIpc) is 2.37. The summed E-state index contributed by atoms with van der Waals surface area (Å²) in [7, 11) is -3.37. The molecule has 5 N–H and O–H groups in total. The Morgan fingerprint density at radius 1 is 1.15 bits per heavy atom. The highest BCUT2D eigenvalue weighted by Crippen LogP contribution is 2.09. The van der Waals surface area contributed by atoms with Crippen LogP contribution in [0.3, 0.4) is 0 Å². The summed E-state index contributed by atoms with van der Waals surface area (Å²) >= 11 is 0. The molecule has 0 unspecified atom stereocenters. The van der Waals surface area contributed by atoms with Gasteiger partial charge >= 0.3 is 11.9 Å². The predicted molar refractivity (Wildman–Crippen MR) is 70.7 cm³/mol. The van der Waals surface area contributed by atoms with Crippen molar-refractivity contribution >= 4 is 22.0 Å². The fourth-order valence-corrected chi connectivity index (χ4v) is 2.04. The molecule has 0 amide bonds. The molecule has 0 aliphatic rings. The molecule has 0 spiro atoms. The fraction of sp³-hybridized carbons (Fsp3) is 0.273. The average molecular weight is 304 g/mol. The molecule has 0 aromatic heterocycles. The second-order valence-corrected chi connectivity index (χ2v) is 5.38. The highest BCUT2D eigenvalue weighted by Gasteiger charge is 2.11. The van der Waals surface area contributed by atoms with Gasteiger partial charge in [-0.25, -0.2) is 22.7 Å². The highest BCUT2D eigenvalue weighted by molar-refractivity contribution is 7.89. The third-order valence-electron chi connectivity index (χ3n) is 1.95. The smallest absolute Gasteiger partial charge is 0.414 e. The van der Waals surface area contributed by atoms with E-state index in [9.17, 15) is 8.42 Å². The predicted octanol–water partition coefficient (Wildman–Crippen LogP) is -0.612. The van der Waals surface area contributed by atoms with Crippen LogP contribution in [0.4, 0.5) is 0 Å². The number of aryl methyl sites for hydroxylation is 1. The maximum atomic E-state index is 11.5. The number of carboxylic acids is 2. The first-order valence-electron chi connectivity index (χ1n) is 5.43. The maximum Gasteiger partial charge on any atom is 0.414 e. The van der Waals surface area contributed by atoms with E-state index in [2.05, 4.69) is 4.72 Å². The molecule has 1 aromatic rings. The summed E-state index contributed by atoms with van der Waals surface area (Å²) in [6, 6.07) is 6.68. The Morgan fingerprint density at radius 2 is 1.60 bits per heavy atom. The van der Waals surface area contributed by atoms with Crippen molar-refractivity contribution in [3.63, 3.8) is 0 Å². The van der Waals surface area contributed by atoms with Crippen LogP contribution >= 0.6 is 0 Å². The van der Waals surface area contributed by atoms with Crippen molar-refractivity contribution in [3.05, 3.63) is 29.8 Å². The summed E-state index contributed by atoms with van der Waals surface area (Å²) in [4.78, 5) is 18.5. The Morgan fingerprint density at radius 3 is 1.95 bits per heavy atom. The van der Waals surface area contributed by atoms with Gasteiger partial charge in [-0.1, -0.05) is 17.7 Å². The van der Waals surface area contributed by atoms with Crippen LogP contribution in [0.15, 0.2) is 29.2 Å². The SMILES string of the molecule is Cc1ccc(S(=O)(=O)NCCN)cc1.O=C(O)C(=O)O. The molecule has 0 aliphatic carbocycles. The molecule has 0 saturated carbocycles. The number of carbonyl (C=O) groups is 2. The second-order valence-electron chi connectivity index (χ2n) is 3.61. The number of hydrogen-bond donors (Lipinski definition) is 4. The summed E-state index contributed by atoms with van der Waals surface area (Å²) < 4.78 is 25.5. The van der Waals surface area contributed by atoms with Gasteiger partial charge in [0.05, 0.1) is 4.90 Å². The van der Waals surface area contributed by atoms with Gasteiger partial charge in [-0.2, -0.15) is 0 Å². The normalized spacial score (nSPS) is 10.3. The molecule has 1 rings (SSSR count). The van der Waals surface area contributed by atoms with Crippen LogP contribution in [0.5, 0.6) is 0 Å². The summed E-state index contributed by atoms with van der Waals surface area (Å²) in [6.45, 7) is 2.46. The number of nitrogens with one attached hydrogen (secondary N) is 1. The first-order valence-corrected chi connectivity index (χ1v) is 6.91.